The van der Waals surface area contributed by atoms with E-state index in [1.54, 1.807) is 0 Å². The summed E-state index contributed by atoms with van der Waals surface area (Å²) in [5.74, 6) is 0. The van der Waals surface area contributed by atoms with Gasteiger partial charge in [-0.15, -0.1) is 0 Å². The third kappa shape index (κ3) is 3.85. The van der Waals surface area contributed by atoms with Gasteiger partial charge in [-0.05, 0) is 37.1 Å². The summed E-state index contributed by atoms with van der Waals surface area (Å²) in [4.78, 5) is 2.35. The first-order chi connectivity index (χ1) is 13.3. The number of nitrogens with zero attached hydrogens (tertiary/aromatic N) is 2. The summed E-state index contributed by atoms with van der Waals surface area (Å²) in [5, 5.41) is 2.75. The molecule has 2 nitrogen and oxygen atoms in total. The van der Waals surface area contributed by atoms with Crippen molar-refractivity contribution in [2.24, 2.45) is 0 Å². The monoisotopic (exact) mass is 356 g/mol. The van der Waals surface area contributed by atoms with Crippen molar-refractivity contribution < 1.29 is 0 Å². The van der Waals surface area contributed by atoms with Crippen LogP contribution < -0.4 is 4.90 Å². The largest absolute Gasteiger partial charge is 0.375 e. The van der Waals surface area contributed by atoms with E-state index in [1.165, 1.54) is 53.2 Å². The average molecular weight is 357 g/mol. The molecule has 0 fully saturated rings. The zero-order chi connectivity index (χ0) is 18.5. The summed E-state index contributed by atoms with van der Waals surface area (Å²) in [6.45, 7) is 2.22. The van der Waals surface area contributed by atoms with E-state index in [2.05, 4.69) is 95.4 Å². The van der Waals surface area contributed by atoms with E-state index in [9.17, 15) is 0 Å². The molecule has 0 unspecified atom stereocenters. The Bertz CT molecular complexity index is 947. The minimum absolute atomic E-state index is 1.10. The van der Waals surface area contributed by atoms with Crippen LogP contribution in [-0.2, 0) is 6.54 Å². The molecule has 0 N–H and O–H groups in total. The number of fused-ring (bicyclic) bond motifs is 3. The zero-order valence-corrected chi connectivity index (χ0v) is 16.1. The molecule has 0 saturated carbocycles. The number of unbranched alkanes of at least 4 members (excludes halogenated alkanes) is 3. The fourth-order valence-corrected chi connectivity index (χ4v) is 4.03. The van der Waals surface area contributed by atoms with Gasteiger partial charge in [0, 0.05) is 47.6 Å². The number of aryl methyl sites for hydroxylation is 1. The highest BCUT2D eigenvalue weighted by Gasteiger charge is 2.08. The van der Waals surface area contributed by atoms with E-state index in [4.69, 9.17) is 0 Å². The number of rotatable bonds is 8. The topological polar surface area (TPSA) is 8.17 Å². The van der Waals surface area contributed by atoms with Crippen LogP contribution in [-0.4, -0.2) is 18.2 Å². The summed E-state index contributed by atoms with van der Waals surface area (Å²) < 4.78 is 2.50. The van der Waals surface area contributed by atoms with Gasteiger partial charge in [0.15, 0.2) is 0 Å². The van der Waals surface area contributed by atoms with Crippen LogP contribution in [0.5, 0.6) is 0 Å². The lowest BCUT2D eigenvalue weighted by Gasteiger charge is -2.19. The second kappa shape index (κ2) is 8.30. The van der Waals surface area contributed by atoms with Crippen molar-refractivity contribution in [2.45, 2.75) is 32.2 Å². The molecule has 0 saturated heterocycles. The van der Waals surface area contributed by atoms with E-state index < -0.39 is 0 Å². The van der Waals surface area contributed by atoms with Gasteiger partial charge in [0.25, 0.3) is 0 Å². The average Bonchev–Trinajstić information content (AvgIpc) is 3.05. The third-order valence-corrected chi connectivity index (χ3v) is 5.50. The lowest BCUT2D eigenvalue weighted by atomic mass is 10.2. The highest BCUT2D eigenvalue weighted by atomic mass is 15.1. The van der Waals surface area contributed by atoms with Crippen molar-refractivity contribution in [1.29, 1.82) is 0 Å². The van der Waals surface area contributed by atoms with Crippen LogP contribution in [0.1, 0.15) is 25.7 Å². The second-order valence-corrected chi connectivity index (χ2v) is 7.36. The van der Waals surface area contributed by atoms with E-state index in [-0.39, 0.29) is 0 Å². The highest BCUT2D eigenvalue weighted by molar-refractivity contribution is 6.07. The summed E-state index contributed by atoms with van der Waals surface area (Å²) in [6, 6.07) is 28.2. The number of aromatic nitrogens is 1. The molecule has 0 bridgehead atoms. The molecule has 4 aromatic rings. The Balaban J connectivity index is 1.32. The minimum Gasteiger partial charge on any atom is -0.375 e. The summed E-state index contributed by atoms with van der Waals surface area (Å²) in [5.41, 5.74) is 4.04. The van der Waals surface area contributed by atoms with Crippen molar-refractivity contribution in [1.82, 2.24) is 4.57 Å². The quantitative estimate of drug-likeness (QED) is 0.328. The van der Waals surface area contributed by atoms with Crippen molar-refractivity contribution in [3.05, 3.63) is 78.9 Å². The maximum atomic E-state index is 2.50. The zero-order valence-electron chi connectivity index (χ0n) is 16.1. The predicted molar refractivity (Wildman–Crippen MR) is 118 cm³/mol. The molecule has 0 radical (unpaired) electrons. The molecule has 1 aromatic heterocycles. The number of hydrogen-bond acceptors (Lipinski definition) is 1. The first-order valence-corrected chi connectivity index (χ1v) is 10.1. The molecule has 1 heterocycles. The van der Waals surface area contributed by atoms with Gasteiger partial charge in [-0.1, -0.05) is 67.4 Å². The minimum atomic E-state index is 1.10. The number of hydrogen-bond donors (Lipinski definition) is 0. The van der Waals surface area contributed by atoms with Crippen LogP contribution in [0.25, 0.3) is 21.8 Å². The second-order valence-electron chi connectivity index (χ2n) is 7.36. The highest BCUT2D eigenvalue weighted by Crippen LogP contribution is 2.29. The van der Waals surface area contributed by atoms with E-state index in [0.29, 0.717) is 0 Å². The Hall–Kier alpha value is -2.74. The molecular formula is C25H28N2. The van der Waals surface area contributed by atoms with Crippen LogP contribution in [0.15, 0.2) is 78.9 Å². The van der Waals surface area contributed by atoms with E-state index >= 15 is 0 Å². The van der Waals surface area contributed by atoms with Crippen LogP contribution in [0.2, 0.25) is 0 Å². The van der Waals surface area contributed by atoms with Crippen molar-refractivity contribution in [3.63, 3.8) is 0 Å². The van der Waals surface area contributed by atoms with Gasteiger partial charge in [0.2, 0.25) is 0 Å². The van der Waals surface area contributed by atoms with Crippen molar-refractivity contribution in [3.8, 4) is 0 Å². The molecular weight excluding hydrogens is 328 g/mol. The maximum absolute atomic E-state index is 2.50. The van der Waals surface area contributed by atoms with Gasteiger partial charge >= 0.3 is 0 Å². The number of para-hydroxylation sites is 3. The van der Waals surface area contributed by atoms with Crippen LogP contribution in [0.4, 0.5) is 5.69 Å². The molecule has 0 aliphatic heterocycles. The van der Waals surface area contributed by atoms with Gasteiger partial charge in [-0.3, -0.25) is 0 Å². The maximum Gasteiger partial charge on any atom is 0.0491 e. The van der Waals surface area contributed by atoms with Crippen molar-refractivity contribution in [2.75, 3.05) is 18.5 Å². The molecule has 0 atom stereocenters. The lowest BCUT2D eigenvalue weighted by Crippen LogP contribution is -2.18. The molecule has 0 spiro atoms. The van der Waals surface area contributed by atoms with Gasteiger partial charge in [0.1, 0.15) is 0 Å². The lowest BCUT2D eigenvalue weighted by molar-refractivity contribution is 0.588. The van der Waals surface area contributed by atoms with Crippen LogP contribution in [0, 0.1) is 0 Å². The molecule has 4 rings (SSSR count). The molecule has 3 aromatic carbocycles. The molecule has 27 heavy (non-hydrogen) atoms. The number of benzene rings is 3. The fraction of sp³-hybridized carbons (Fsp3) is 0.280. The van der Waals surface area contributed by atoms with Crippen molar-refractivity contribution >= 4 is 27.5 Å². The van der Waals surface area contributed by atoms with Gasteiger partial charge in [-0.2, -0.15) is 0 Å². The third-order valence-electron chi connectivity index (χ3n) is 5.50. The standard InChI is InChI=1S/C25H28N2/c1-26(21-13-5-4-6-14-21)19-11-2-3-12-20-27-24-17-9-7-15-22(24)23-16-8-10-18-25(23)27/h4-10,13-18H,2-3,11-12,19-20H2,1H3. The molecule has 2 heteroatoms. The fourth-order valence-electron chi connectivity index (χ4n) is 4.03. The van der Waals surface area contributed by atoms with E-state index in [0.717, 1.165) is 13.1 Å². The Morgan fingerprint density at radius 3 is 1.85 bits per heavy atom. The van der Waals surface area contributed by atoms with Crippen LogP contribution in [0.3, 0.4) is 0 Å². The first kappa shape index (κ1) is 17.7. The Labute approximate surface area is 162 Å². The predicted octanol–water partition coefficient (Wildman–Crippen LogP) is 6.49. The molecule has 0 aliphatic rings. The smallest absolute Gasteiger partial charge is 0.0491 e. The summed E-state index contributed by atoms with van der Waals surface area (Å²) in [7, 11) is 2.19. The van der Waals surface area contributed by atoms with Gasteiger partial charge < -0.3 is 9.47 Å². The molecule has 0 aliphatic carbocycles. The van der Waals surface area contributed by atoms with E-state index in [1.807, 2.05) is 0 Å². The number of anilines is 1. The summed E-state index contributed by atoms with van der Waals surface area (Å²) in [6.07, 6.45) is 5.05. The Kier molecular flexibility index (Phi) is 5.43. The normalized spacial score (nSPS) is 11.3. The Morgan fingerprint density at radius 1 is 0.630 bits per heavy atom. The SMILES string of the molecule is CN(CCCCCCn1c2ccccc2c2ccccc21)c1ccccc1. The first-order valence-electron chi connectivity index (χ1n) is 10.1. The molecule has 0 amide bonds. The molecule has 138 valence electrons. The van der Waals surface area contributed by atoms with Gasteiger partial charge in [0.05, 0.1) is 0 Å². The summed E-state index contributed by atoms with van der Waals surface area (Å²) >= 11 is 0. The van der Waals surface area contributed by atoms with Gasteiger partial charge in [-0.25, -0.2) is 0 Å². The van der Waals surface area contributed by atoms with Crippen LogP contribution >= 0.6 is 0 Å². The Morgan fingerprint density at radius 2 is 1.19 bits per heavy atom.